The summed E-state index contributed by atoms with van der Waals surface area (Å²) in [6.07, 6.45) is 0.643. The van der Waals surface area contributed by atoms with E-state index in [2.05, 4.69) is 0 Å². The lowest BCUT2D eigenvalue weighted by Crippen LogP contribution is -2.40. The Hall–Kier alpha value is -1.84. The third-order valence-electron chi connectivity index (χ3n) is 3.74. The second kappa shape index (κ2) is 3.83. The number of rotatable bonds is 1. The lowest BCUT2D eigenvalue weighted by molar-refractivity contribution is -0.129. The molecular weight excluding hydrogens is 228 g/mol. The first-order valence-corrected chi connectivity index (χ1v) is 6.30. The van der Waals surface area contributed by atoms with Gasteiger partial charge in [-0.1, -0.05) is 24.3 Å². The monoisotopic (exact) mass is 244 g/mol. The van der Waals surface area contributed by atoms with Crippen molar-refractivity contribution in [3.63, 3.8) is 0 Å². The Kier molecular flexibility index (Phi) is 2.40. The molecule has 3 amide bonds. The Morgan fingerprint density at radius 2 is 1.83 bits per heavy atom. The number of hydrogen-bond acceptors (Lipinski definition) is 2. The molecule has 1 atom stereocenters. The van der Waals surface area contributed by atoms with Gasteiger partial charge in [0.05, 0.1) is 0 Å². The zero-order valence-corrected chi connectivity index (χ0v) is 10.6. The maximum absolute atomic E-state index is 12.3. The van der Waals surface area contributed by atoms with Crippen LogP contribution in [0, 0.1) is 0 Å². The molecule has 4 nitrogen and oxygen atoms in total. The van der Waals surface area contributed by atoms with Gasteiger partial charge in [0.2, 0.25) is 0 Å². The molecule has 0 spiro atoms. The molecule has 1 unspecified atom stereocenters. The number of benzene rings is 1. The average molecular weight is 244 g/mol. The molecule has 94 valence electrons. The molecule has 1 aromatic carbocycles. The number of fused-ring (bicyclic) bond motifs is 2. The zero-order valence-electron chi connectivity index (χ0n) is 10.6. The molecule has 2 aliphatic heterocycles. The number of carbonyl (C=O) groups excluding carboxylic acids is 2. The quantitative estimate of drug-likeness (QED) is 0.707. The summed E-state index contributed by atoms with van der Waals surface area (Å²) in [6.45, 7) is 4.30. The van der Waals surface area contributed by atoms with Gasteiger partial charge in [-0.3, -0.25) is 9.69 Å². The van der Waals surface area contributed by atoms with Crippen molar-refractivity contribution in [1.82, 2.24) is 9.80 Å². The minimum atomic E-state index is -0.296. The molecular formula is C14H16N2O2. The minimum Gasteiger partial charge on any atom is -0.308 e. The fraction of sp³-hybridized carbons (Fsp3) is 0.429. The van der Waals surface area contributed by atoms with Gasteiger partial charge in [0, 0.05) is 19.0 Å². The van der Waals surface area contributed by atoms with Crippen LogP contribution in [0.4, 0.5) is 4.79 Å². The summed E-state index contributed by atoms with van der Waals surface area (Å²) in [5.74, 6) is -0.0514. The van der Waals surface area contributed by atoms with Crippen LogP contribution in [0.1, 0.15) is 25.0 Å². The molecule has 0 radical (unpaired) electrons. The molecule has 0 bridgehead atoms. The van der Waals surface area contributed by atoms with E-state index in [-0.39, 0.29) is 24.0 Å². The van der Waals surface area contributed by atoms with Gasteiger partial charge in [0.1, 0.15) is 6.04 Å². The van der Waals surface area contributed by atoms with E-state index in [1.54, 1.807) is 4.90 Å². The molecule has 1 fully saturated rings. The molecule has 18 heavy (non-hydrogen) atoms. The Morgan fingerprint density at radius 3 is 2.50 bits per heavy atom. The van der Waals surface area contributed by atoms with Gasteiger partial charge >= 0.3 is 6.03 Å². The van der Waals surface area contributed by atoms with Crippen molar-refractivity contribution in [3.8, 4) is 0 Å². The van der Waals surface area contributed by atoms with Crippen molar-refractivity contribution in [3.05, 3.63) is 35.4 Å². The summed E-state index contributed by atoms with van der Waals surface area (Å²) >= 11 is 0. The van der Waals surface area contributed by atoms with Gasteiger partial charge in [-0.15, -0.1) is 0 Å². The van der Waals surface area contributed by atoms with E-state index in [1.165, 1.54) is 10.5 Å². The Bertz CT molecular complexity index is 481. The van der Waals surface area contributed by atoms with Crippen LogP contribution in [-0.2, 0) is 17.8 Å². The van der Waals surface area contributed by atoms with Gasteiger partial charge in [0.25, 0.3) is 5.91 Å². The average Bonchev–Trinajstić information content (AvgIpc) is 2.59. The Balaban J connectivity index is 1.98. The standard InChI is InChI=1S/C14H16N2O2/c1-9(2)16-13(17)12-7-10-5-3-4-6-11(10)8-15(12)14(16)18/h3-6,9,12H,7-8H2,1-2H3. The van der Waals surface area contributed by atoms with Crippen LogP contribution >= 0.6 is 0 Å². The van der Waals surface area contributed by atoms with Crippen LogP contribution in [0.5, 0.6) is 0 Å². The van der Waals surface area contributed by atoms with E-state index in [0.29, 0.717) is 13.0 Å². The lowest BCUT2D eigenvalue weighted by Gasteiger charge is -2.28. The van der Waals surface area contributed by atoms with Crippen LogP contribution in [0.3, 0.4) is 0 Å². The van der Waals surface area contributed by atoms with E-state index < -0.39 is 0 Å². The first kappa shape index (κ1) is 11.3. The highest BCUT2D eigenvalue weighted by atomic mass is 16.2. The van der Waals surface area contributed by atoms with Crippen molar-refractivity contribution in [2.24, 2.45) is 0 Å². The van der Waals surface area contributed by atoms with E-state index >= 15 is 0 Å². The lowest BCUT2D eigenvalue weighted by atomic mass is 9.95. The minimum absolute atomic E-state index is 0.0514. The molecule has 3 rings (SSSR count). The van der Waals surface area contributed by atoms with E-state index in [0.717, 1.165) is 5.56 Å². The molecule has 0 aliphatic carbocycles. The van der Waals surface area contributed by atoms with Crippen molar-refractivity contribution in [1.29, 1.82) is 0 Å². The third-order valence-corrected chi connectivity index (χ3v) is 3.74. The predicted molar refractivity (Wildman–Crippen MR) is 66.9 cm³/mol. The van der Waals surface area contributed by atoms with Crippen LogP contribution in [-0.4, -0.2) is 33.8 Å². The number of amides is 3. The summed E-state index contributed by atoms with van der Waals surface area (Å²) in [7, 11) is 0. The van der Waals surface area contributed by atoms with E-state index in [4.69, 9.17) is 0 Å². The molecule has 0 N–H and O–H groups in total. The number of carbonyl (C=O) groups is 2. The molecule has 0 aromatic heterocycles. The molecule has 0 saturated carbocycles. The van der Waals surface area contributed by atoms with Crippen molar-refractivity contribution in [2.75, 3.05) is 0 Å². The van der Waals surface area contributed by atoms with E-state index in [1.807, 2.05) is 38.1 Å². The highest BCUT2D eigenvalue weighted by Gasteiger charge is 2.47. The number of imide groups is 1. The molecule has 4 heteroatoms. The molecule has 2 aliphatic rings. The number of hydrogen-bond donors (Lipinski definition) is 0. The van der Waals surface area contributed by atoms with Gasteiger partial charge in [-0.05, 0) is 25.0 Å². The highest BCUT2D eigenvalue weighted by Crippen LogP contribution is 2.30. The molecule has 1 aromatic rings. The van der Waals surface area contributed by atoms with Crippen molar-refractivity contribution in [2.45, 2.75) is 38.9 Å². The fourth-order valence-electron chi connectivity index (χ4n) is 2.81. The second-order valence-corrected chi connectivity index (χ2v) is 5.20. The Morgan fingerprint density at radius 1 is 1.17 bits per heavy atom. The first-order chi connectivity index (χ1) is 8.59. The van der Waals surface area contributed by atoms with Crippen LogP contribution < -0.4 is 0 Å². The number of urea groups is 1. The van der Waals surface area contributed by atoms with Crippen LogP contribution in [0.2, 0.25) is 0 Å². The summed E-state index contributed by atoms with van der Waals surface area (Å²) in [5.41, 5.74) is 2.34. The smallest absolute Gasteiger partial charge is 0.308 e. The second-order valence-electron chi connectivity index (χ2n) is 5.20. The Labute approximate surface area is 106 Å². The van der Waals surface area contributed by atoms with Gasteiger partial charge in [-0.25, -0.2) is 4.79 Å². The summed E-state index contributed by atoms with van der Waals surface area (Å²) in [4.78, 5) is 27.6. The SMILES string of the molecule is CC(C)N1C(=O)C2Cc3ccccc3CN2C1=O. The topological polar surface area (TPSA) is 40.6 Å². The van der Waals surface area contributed by atoms with Crippen LogP contribution in [0.15, 0.2) is 24.3 Å². The van der Waals surface area contributed by atoms with Gasteiger partial charge in [-0.2, -0.15) is 0 Å². The molecule has 1 saturated heterocycles. The maximum Gasteiger partial charge on any atom is 0.328 e. The first-order valence-electron chi connectivity index (χ1n) is 6.30. The summed E-state index contributed by atoms with van der Waals surface area (Å²) in [5, 5.41) is 0. The summed E-state index contributed by atoms with van der Waals surface area (Å²) in [6, 6.07) is 7.52. The zero-order chi connectivity index (χ0) is 12.9. The third kappa shape index (κ3) is 1.45. The van der Waals surface area contributed by atoms with Crippen molar-refractivity contribution < 1.29 is 9.59 Å². The van der Waals surface area contributed by atoms with Gasteiger partial charge in [0.15, 0.2) is 0 Å². The largest absolute Gasteiger partial charge is 0.328 e. The number of nitrogens with zero attached hydrogens (tertiary/aromatic N) is 2. The van der Waals surface area contributed by atoms with Crippen LogP contribution in [0.25, 0.3) is 0 Å². The normalized spacial score (nSPS) is 22.5. The van der Waals surface area contributed by atoms with Crippen molar-refractivity contribution >= 4 is 11.9 Å². The fourth-order valence-corrected chi connectivity index (χ4v) is 2.81. The summed E-state index contributed by atoms with van der Waals surface area (Å²) < 4.78 is 0. The van der Waals surface area contributed by atoms with Gasteiger partial charge < -0.3 is 4.90 Å². The van der Waals surface area contributed by atoms with E-state index in [9.17, 15) is 9.59 Å². The highest BCUT2D eigenvalue weighted by molar-refractivity contribution is 6.04. The maximum atomic E-state index is 12.3. The predicted octanol–water partition coefficient (Wildman–Crippen LogP) is 1.78. The molecule has 2 heterocycles.